The standard InChI is InChI=1S/C14H22N2O6S/c1-9(2)14(3,7-11(17)18)15-13(19)10-6-12(22-8-10)23(20,21)16(4)5/h6,8-9H,7H2,1-5H3,(H,15,19)(H,17,18). The van der Waals surface area contributed by atoms with Crippen molar-refractivity contribution in [2.75, 3.05) is 14.1 Å². The van der Waals surface area contributed by atoms with Crippen LogP contribution in [0.2, 0.25) is 0 Å². The molecule has 8 nitrogen and oxygen atoms in total. The molecule has 0 saturated heterocycles. The maximum absolute atomic E-state index is 12.3. The number of nitrogens with one attached hydrogen (secondary N) is 1. The largest absolute Gasteiger partial charge is 0.481 e. The summed E-state index contributed by atoms with van der Waals surface area (Å²) in [5, 5.41) is 11.3. The quantitative estimate of drug-likeness (QED) is 0.765. The third kappa shape index (κ3) is 4.32. The molecule has 0 aliphatic rings. The van der Waals surface area contributed by atoms with E-state index in [-0.39, 0.29) is 23.0 Å². The Kier molecular flexibility index (Phi) is 5.60. The number of rotatable bonds is 7. The molecule has 0 radical (unpaired) electrons. The van der Waals surface area contributed by atoms with Gasteiger partial charge >= 0.3 is 5.97 Å². The Balaban J connectivity index is 3.03. The van der Waals surface area contributed by atoms with Crippen LogP contribution in [0.1, 0.15) is 37.6 Å². The van der Waals surface area contributed by atoms with Gasteiger partial charge in [-0.1, -0.05) is 13.8 Å². The summed E-state index contributed by atoms with van der Waals surface area (Å²) in [6.07, 6.45) is 0.782. The number of nitrogens with zero attached hydrogens (tertiary/aromatic N) is 1. The number of aliphatic carboxylic acids is 1. The molecule has 1 heterocycles. The molecule has 1 aromatic heterocycles. The van der Waals surface area contributed by atoms with E-state index in [9.17, 15) is 18.0 Å². The molecule has 2 N–H and O–H groups in total. The molecule has 130 valence electrons. The molecule has 0 saturated carbocycles. The summed E-state index contributed by atoms with van der Waals surface area (Å²) in [5.41, 5.74) is -0.955. The lowest BCUT2D eigenvalue weighted by Gasteiger charge is -2.33. The first kappa shape index (κ1) is 19.2. The SMILES string of the molecule is CC(C)C(C)(CC(=O)O)NC(=O)c1coc(S(=O)(=O)N(C)C)c1. The maximum atomic E-state index is 12.3. The van der Waals surface area contributed by atoms with Crippen molar-refractivity contribution in [3.8, 4) is 0 Å². The van der Waals surface area contributed by atoms with Gasteiger partial charge in [-0.3, -0.25) is 9.59 Å². The van der Waals surface area contributed by atoms with Crippen LogP contribution in [0.25, 0.3) is 0 Å². The fourth-order valence-corrected chi connectivity index (χ4v) is 2.59. The Morgan fingerprint density at radius 1 is 1.39 bits per heavy atom. The number of carboxylic acid groups (broad SMARTS) is 1. The van der Waals surface area contributed by atoms with Gasteiger partial charge in [-0.2, -0.15) is 0 Å². The zero-order chi connectivity index (χ0) is 18.0. The predicted octanol–water partition coefficient (Wildman–Crippen LogP) is 1.15. The van der Waals surface area contributed by atoms with E-state index in [1.807, 2.05) is 0 Å². The van der Waals surface area contributed by atoms with E-state index in [1.165, 1.54) is 14.1 Å². The van der Waals surface area contributed by atoms with Crippen molar-refractivity contribution in [2.45, 2.75) is 37.8 Å². The molecule has 1 aromatic rings. The molecule has 0 bridgehead atoms. The molecule has 9 heteroatoms. The highest BCUT2D eigenvalue weighted by Gasteiger charge is 2.34. The number of hydrogen-bond donors (Lipinski definition) is 2. The first-order chi connectivity index (χ1) is 10.4. The highest BCUT2D eigenvalue weighted by Crippen LogP contribution is 2.23. The van der Waals surface area contributed by atoms with Crippen molar-refractivity contribution in [2.24, 2.45) is 5.92 Å². The first-order valence-corrected chi connectivity index (χ1v) is 8.39. The van der Waals surface area contributed by atoms with Crippen molar-refractivity contribution in [3.05, 3.63) is 17.9 Å². The number of hydrogen-bond acceptors (Lipinski definition) is 5. The fourth-order valence-electron chi connectivity index (χ4n) is 1.79. The summed E-state index contributed by atoms with van der Waals surface area (Å²) in [7, 11) is -1.08. The van der Waals surface area contributed by atoms with Crippen molar-refractivity contribution in [3.63, 3.8) is 0 Å². The molecular formula is C14H22N2O6S. The molecule has 23 heavy (non-hydrogen) atoms. The van der Waals surface area contributed by atoms with Gasteiger partial charge in [-0.05, 0) is 12.8 Å². The van der Waals surface area contributed by atoms with Gasteiger partial charge in [-0.15, -0.1) is 0 Å². The predicted molar refractivity (Wildman–Crippen MR) is 82.5 cm³/mol. The topological polar surface area (TPSA) is 117 Å². The number of amides is 1. The Bertz CT molecular complexity index is 692. The van der Waals surface area contributed by atoms with Gasteiger partial charge in [0.15, 0.2) is 0 Å². The molecule has 0 aromatic carbocycles. The van der Waals surface area contributed by atoms with Gasteiger partial charge in [-0.25, -0.2) is 12.7 Å². The van der Waals surface area contributed by atoms with Crippen LogP contribution in [0.15, 0.2) is 21.8 Å². The third-order valence-corrected chi connectivity index (χ3v) is 5.45. The number of carboxylic acids is 1. The highest BCUT2D eigenvalue weighted by atomic mass is 32.2. The molecule has 1 atom stereocenters. The van der Waals surface area contributed by atoms with Gasteiger partial charge in [0.2, 0.25) is 5.09 Å². The molecule has 0 spiro atoms. The second-order valence-corrected chi connectivity index (χ2v) is 8.12. The minimum atomic E-state index is -3.78. The Morgan fingerprint density at radius 3 is 2.39 bits per heavy atom. The minimum Gasteiger partial charge on any atom is -0.481 e. The van der Waals surface area contributed by atoms with Crippen LogP contribution >= 0.6 is 0 Å². The van der Waals surface area contributed by atoms with E-state index in [1.54, 1.807) is 20.8 Å². The van der Waals surface area contributed by atoms with E-state index >= 15 is 0 Å². The van der Waals surface area contributed by atoms with Crippen LogP contribution in [0.4, 0.5) is 0 Å². The summed E-state index contributed by atoms with van der Waals surface area (Å²) in [5.74, 6) is -1.77. The van der Waals surface area contributed by atoms with E-state index in [4.69, 9.17) is 9.52 Å². The molecular weight excluding hydrogens is 324 g/mol. The highest BCUT2D eigenvalue weighted by molar-refractivity contribution is 7.88. The molecule has 1 amide bonds. The molecule has 1 rings (SSSR count). The maximum Gasteiger partial charge on any atom is 0.305 e. The second-order valence-electron chi connectivity index (χ2n) is 6.04. The van der Waals surface area contributed by atoms with Crippen LogP contribution in [0.3, 0.4) is 0 Å². The molecule has 0 aliphatic carbocycles. The Morgan fingerprint density at radius 2 is 1.96 bits per heavy atom. The smallest absolute Gasteiger partial charge is 0.305 e. The third-order valence-electron chi connectivity index (χ3n) is 3.76. The van der Waals surface area contributed by atoms with Crippen molar-refractivity contribution < 1.29 is 27.5 Å². The first-order valence-electron chi connectivity index (χ1n) is 6.95. The lowest BCUT2D eigenvalue weighted by molar-refractivity contribution is -0.138. The number of furan rings is 1. The van der Waals surface area contributed by atoms with E-state index < -0.39 is 27.4 Å². The zero-order valence-corrected chi connectivity index (χ0v) is 14.6. The monoisotopic (exact) mass is 346 g/mol. The van der Waals surface area contributed by atoms with Crippen LogP contribution in [-0.2, 0) is 14.8 Å². The van der Waals surface area contributed by atoms with Gasteiger partial charge in [0.05, 0.1) is 17.5 Å². The lowest BCUT2D eigenvalue weighted by Crippen LogP contribution is -2.51. The zero-order valence-electron chi connectivity index (χ0n) is 13.8. The molecule has 0 fully saturated rings. The Hall–Kier alpha value is -1.87. The minimum absolute atomic E-state index is 0.0164. The van der Waals surface area contributed by atoms with Crippen LogP contribution in [-0.4, -0.2) is 49.3 Å². The molecule has 0 aliphatic heterocycles. The Labute approximate surface area is 135 Å². The number of carbonyl (C=O) groups is 2. The van der Waals surface area contributed by atoms with Crippen molar-refractivity contribution >= 4 is 21.9 Å². The molecule has 1 unspecified atom stereocenters. The van der Waals surface area contributed by atoms with Gasteiger partial charge in [0.1, 0.15) is 6.26 Å². The van der Waals surface area contributed by atoms with Crippen molar-refractivity contribution in [1.82, 2.24) is 9.62 Å². The second kappa shape index (κ2) is 6.71. The summed E-state index contributed by atoms with van der Waals surface area (Å²) < 4.78 is 29.8. The summed E-state index contributed by atoms with van der Waals surface area (Å²) in [4.78, 5) is 23.3. The number of sulfonamides is 1. The van der Waals surface area contributed by atoms with E-state index in [2.05, 4.69) is 5.32 Å². The van der Waals surface area contributed by atoms with Crippen LogP contribution in [0.5, 0.6) is 0 Å². The summed E-state index contributed by atoms with van der Waals surface area (Å²) in [6.45, 7) is 5.21. The van der Waals surface area contributed by atoms with Gasteiger partial charge in [0, 0.05) is 20.2 Å². The summed E-state index contributed by atoms with van der Waals surface area (Å²) in [6, 6.07) is 1.12. The fraction of sp³-hybridized carbons (Fsp3) is 0.571. The van der Waals surface area contributed by atoms with E-state index in [0.29, 0.717) is 0 Å². The van der Waals surface area contributed by atoms with Crippen LogP contribution < -0.4 is 5.32 Å². The van der Waals surface area contributed by atoms with Crippen molar-refractivity contribution in [1.29, 1.82) is 0 Å². The van der Waals surface area contributed by atoms with Gasteiger partial charge in [0.25, 0.3) is 15.9 Å². The van der Waals surface area contributed by atoms with E-state index in [0.717, 1.165) is 16.6 Å². The lowest BCUT2D eigenvalue weighted by atomic mass is 9.85. The normalized spacial score (nSPS) is 14.7. The number of carbonyl (C=O) groups excluding carboxylic acids is 1. The summed E-state index contributed by atoms with van der Waals surface area (Å²) >= 11 is 0. The average Bonchev–Trinajstić information content (AvgIpc) is 2.87. The average molecular weight is 346 g/mol. The van der Waals surface area contributed by atoms with Gasteiger partial charge < -0.3 is 14.8 Å². The van der Waals surface area contributed by atoms with Crippen LogP contribution in [0, 0.1) is 5.92 Å².